The Labute approximate surface area is 395 Å². The largest absolute Gasteiger partial charge is 0.462 e. The third kappa shape index (κ3) is 49.6. The lowest BCUT2D eigenvalue weighted by atomic mass is 10.1. The van der Waals surface area contributed by atoms with Gasteiger partial charge in [0.25, 0.3) is 0 Å². The highest BCUT2D eigenvalue weighted by Crippen LogP contribution is 2.14. The van der Waals surface area contributed by atoms with Crippen LogP contribution in [0.25, 0.3) is 0 Å². The highest BCUT2D eigenvalue weighted by Gasteiger charge is 2.19. The van der Waals surface area contributed by atoms with Crippen LogP contribution in [-0.2, 0) is 28.6 Å². The van der Waals surface area contributed by atoms with E-state index in [1.165, 1.54) is 109 Å². The quantitative estimate of drug-likeness (QED) is 0.0262. The van der Waals surface area contributed by atoms with Crippen LogP contribution in [0.4, 0.5) is 0 Å². The van der Waals surface area contributed by atoms with E-state index in [2.05, 4.69) is 106 Å². The normalized spacial score (nSPS) is 12.7. The predicted molar refractivity (Wildman–Crippen MR) is 274 cm³/mol. The summed E-state index contributed by atoms with van der Waals surface area (Å²) in [5.41, 5.74) is 0. The SMILES string of the molecule is CC\C=C/C=C\C=C/CCCCCCCCCC(=O)OC(COC(=O)CCCCC/C=C\C=C/CCCCCCCCC)COC(=O)CCCCCCCC/C=C\C=C/CCCCC. The van der Waals surface area contributed by atoms with Crippen LogP contribution in [-0.4, -0.2) is 37.2 Å². The minimum atomic E-state index is -0.799. The van der Waals surface area contributed by atoms with Gasteiger partial charge in [0.15, 0.2) is 6.10 Å². The molecule has 1 atom stereocenters. The van der Waals surface area contributed by atoms with Gasteiger partial charge in [-0.05, 0) is 89.9 Å². The Morgan fingerprint density at radius 2 is 0.609 bits per heavy atom. The molecule has 0 N–H and O–H groups in total. The third-order valence-electron chi connectivity index (χ3n) is 11.2. The maximum Gasteiger partial charge on any atom is 0.306 e. The molecule has 1 unspecified atom stereocenters. The van der Waals surface area contributed by atoms with Crippen LogP contribution < -0.4 is 0 Å². The Bertz CT molecular complexity index is 1250. The lowest BCUT2D eigenvalue weighted by molar-refractivity contribution is -0.167. The molecule has 0 aromatic heterocycles. The lowest BCUT2D eigenvalue weighted by Gasteiger charge is -2.18. The van der Waals surface area contributed by atoms with Crippen LogP contribution in [0, 0.1) is 0 Å². The van der Waals surface area contributed by atoms with Crippen LogP contribution >= 0.6 is 0 Å². The number of ether oxygens (including phenoxy) is 3. The first kappa shape index (κ1) is 60.6. The molecule has 0 aliphatic heterocycles. The summed E-state index contributed by atoms with van der Waals surface area (Å²) >= 11 is 0. The fourth-order valence-corrected chi connectivity index (χ4v) is 7.19. The van der Waals surface area contributed by atoms with Gasteiger partial charge in [-0.2, -0.15) is 0 Å². The maximum atomic E-state index is 12.8. The number of allylic oxidation sites excluding steroid dienone is 14. The van der Waals surface area contributed by atoms with E-state index in [1.807, 2.05) is 0 Å². The fourth-order valence-electron chi connectivity index (χ4n) is 7.19. The monoisotopic (exact) mass is 891 g/mol. The van der Waals surface area contributed by atoms with Gasteiger partial charge in [0.1, 0.15) is 13.2 Å². The summed E-state index contributed by atoms with van der Waals surface area (Å²) < 4.78 is 16.8. The van der Waals surface area contributed by atoms with E-state index in [0.717, 1.165) is 96.3 Å². The predicted octanol–water partition coefficient (Wildman–Crippen LogP) is 17.6. The molecule has 64 heavy (non-hydrogen) atoms. The van der Waals surface area contributed by atoms with Gasteiger partial charge in [-0.15, -0.1) is 0 Å². The van der Waals surface area contributed by atoms with E-state index in [1.54, 1.807) is 0 Å². The zero-order valence-electron chi connectivity index (χ0n) is 41.8. The van der Waals surface area contributed by atoms with Crippen molar-refractivity contribution in [2.75, 3.05) is 13.2 Å². The molecule has 366 valence electrons. The molecule has 0 heterocycles. The molecule has 0 spiro atoms. The average Bonchev–Trinajstić information content (AvgIpc) is 3.29. The van der Waals surface area contributed by atoms with Gasteiger partial charge < -0.3 is 14.2 Å². The van der Waals surface area contributed by atoms with Crippen molar-refractivity contribution in [2.45, 2.75) is 252 Å². The molecule has 0 rings (SSSR count). The van der Waals surface area contributed by atoms with Gasteiger partial charge in [-0.3, -0.25) is 14.4 Å². The van der Waals surface area contributed by atoms with Gasteiger partial charge in [0.05, 0.1) is 0 Å². The molecule has 0 aliphatic carbocycles. The van der Waals surface area contributed by atoms with E-state index >= 15 is 0 Å². The summed E-state index contributed by atoms with van der Waals surface area (Å²) in [7, 11) is 0. The topological polar surface area (TPSA) is 78.9 Å². The van der Waals surface area contributed by atoms with Crippen LogP contribution in [0.5, 0.6) is 0 Å². The average molecular weight is 891 g/mol. The van der Waals surface area contributed by atoms with Crippen LogP contribution in [0.3, 0.4) is 0 Å². The minimum absolute atomic E-state index is 0.0967. The van der Waals surface area contributed by atoms with Crippen LogP contribution in [0.2, 0.25) is 0 Å². The molecule has 0 aliphatic rings. The van der Waals surface area contributed by atoms with E-state index in [9.17, 15) is 14.4 Å². The van der Waals surface area contributed by atoms with E-state index in [-0.39, 0.29) is 31.1 Å². The molecule has 0 bridgehead atoms. The van der Waals surface area contributed by atoms with Crippen molar-refractivity contribution in [1.29, 1.82) is 0 Å². The van der Waals surface area contributed by atoms with Crippen molar-refractivity contribution in [3.8, 4) is 0 Å². The first-order chi connectivity index (χ1) is 31.5. The van der Waals surface area contributed by atoms with E-state index < -0.39 is 6.10 Å². The van der Waals surface area contributed by atoms with E-state index in [4.69, 9.17) is 14.2 Å². The zero-order chi connectivity index (χ0) is 46.5. The molecule has 0 amide bonds. The van der Waals surface area contributed by atoms with Crippen molar-refractivity contribution in [3.63, 3.8) is 0 Å². The fraction of sp³-hybridized carbons (Fsp3) is 0.707. The molecule has 0 aromatic carbocycles. The number of rotatable bonds is 47. The number of unbranched alkanes of at least 4 members (excludes halogenated alkanes) is 26. The van der Waals surface area contributed by atoms with Gasteiger partial charge >= 0.3 is 17.9 Å². The van der Waals surface area contributed by atoms with E-state index in [0.29, 0.717) is 19.3 Å². The van der Waals surface area contributed by atoms with Crippen molar-refractivity contribution >= 4 is 17.9 Å². The highest BCUT2D eigenvalue weighted by molar-refractivity contribution is 5.71. The van der Waals surface area contributed by atoms with Gasteiger partial charge in [0, 0.05) is 19.3 Å². The van der Waals surface area contributed by atoms with Crippen molar-refractivity contribution < 1.29 is 28.6 Å². The summed E-state index contributed by atoms with van der Waals surface area (Å²) in [5.74, 6) is -0.946. The lowest BCUT2D eigenvalue weighted by Crippen LogP contribution is -2.30. The van der Waals surface area contributed by atoms with Crippen molar-refractivity contribution in [2.24, 2.45) is 0 Å². The van der Waals surface area contributed by atoms with Crippen LogP contribution in [0.15, 0.2) is 85.1 Å². The maximum absolute atomic E-state index is 12.8. The molecule has 0 radical (unpaired) electrons. The number of esters is 3. The molecule has 6 heteroatoms. The Balaban J connectivity index is 4.47. The molecule has 0 saturated heterocycles. The summed E-state index contributed by atoms with van der Waals surface area (Å²) in [5, 5.41) is 0. The van der Waals surface area contributed by atoms with Crippen molar-refractivity contribution in [3.05, 3.63) is 85.1 Å². The zero-order valence-corrected chi connectivity index (χ0v) is 41.8. The number of carbonyl (C=O) groups is 3. The molecule has 6 nitrogen and oxygen atoms in total. The van der Waals surface area contributed by atoms with Gasteiger partial charge in [-0.25, -0.2) is 0 Å². The second-order valence-corrected chi connectivity index (χ2v) is 17.5. The first-order valence-corrected chi connectivity index (χ1v) is 26.7. The Kier molecular flexibility index (Phi) is 49.4. The molecule has 0 saturated carbocycles. The van der Waals surface area contributed by atoms with Crippen molar-refractivity contribution in [1.82, 2.24) is 0 Å². The standard InChI is InChI=1S/C58H98O6/c1-4-7-10-13-16-19-22-25-28-31-33-36-39-42-45-48-51-57(60)63-54-55(64-58(61)52-49-46-43-40-37-34-30-27-24-21-18-15-12-9-6-3)53-62-56(59)50-47-44-41-38-35-32-29-26-23-20-17-14-11-8-5-2/h9,12,15,17-18,20-21,23-24,26,28,31,33,36,55H,4-8,10-11,13-14,16,19,22,25,27,29-30,32,34-35,37-54H2,1-3H3/b12-9-,18-15-,20-17-,24-21-,26-23-,31-28-,36-33-. The van der Waals surface area contributed by atoms with Gasteiger partial charge in [-0.1, -0.05) is 221 Å². The number of hydrogen-bond acceptors (Lipinski definition) is 6. The minimum Gasteiger partial charge on any atom is -0.462 e. The third-order valence-corrected chi connectivity index (χ3v) is 11.2. The number of carbonyl (C=O) groups excluding carboxylic acids is 3. The Hall–Kier alpha value is -3.41. The highest BCUT2D eigenvalue weighted by atomic mass is 16.6. The molecular weight excluding hydrogens is 793 g/mol. The second kappa shape index (κ2) is 52.2. The Morgan fingerprint density at radius 3 is 1.00 bits per heavy atom. The summed E-state index contributed by atoms with van der Waals surface area (Å²) in [6.07, 6.45) is 67.0. The summed E-state index contributed by atoms with van der Waals surface area (Å²) in [4.78, 5) is 38.0. The summed E-state index contributed by atoms with van der Waals surface area (Å²) in [6, 6.07) is 0. The molecule has 0 fully saturated rings. The number of hydrogen-bond donors (Lipinski definition) is 0. The van der Waals surface area contributed by atoms with Gasteiger partial charge in [0.2, 0.25) is 0 Å². The molecule has 0 aromatic rings. The molecular formula is C58H98O6. The first-order valence-electron chi connectivity index (χ1n) is 26.7. The smallest absolute Gasteiger partial charge is 0.306 e. The Morgan fingerprint density at radius 1 is 0.328 bits per heavy atom. The second-order valence-electron chi connectivity index (χ2n) is 17.5. The van der Waals surface area contributed by atoms with Crippen LogP contribution in [0.1, 0.15) is 245 Å². The summed E-state index contributed by atoms with van der Waals surface area (Å²) in [6.45, 7) is 6.43.